The van der Waals surface area contributed by atoms with Gasteiger partial charge in [-0.15, -0.1) is 0 Å². The number of carbonyl (C=O) groups excluding carboxylic acids is 4. The summed E-state index contributed by atoms with van der Waals surface area (Å²) in [6.45, 7) is 3.88. The Balaban J connectivity index is 1.39. The highest BCUT2D eigenvalue weighted by atomic mass is 19.1. The summed E-state index contributed by atoms with van der Waals surface area (Å²) in [5.41, 5.74) is 1.31. The Hall–Kier alpha value is -4.41. The SMILES string of the molecule is CC(C)CC(NC(=O)c1cnc2ccccc2n1)C(=O)N[C@H]1CCCN(C(=O)Nc2ccccc2F)CC1=O. The number of benzene rings is 2. The number of anilines is 1. The lowest BCUT2D eigenvalue weighted by Crippen LogP contribution is -2.53. The van der Waals surface area contributed by atoms with E-state index in [-0.39, 0.29) is 36.2 Å². The molecular formula is C28H31FN6O4. The van der Waals surface area contributed by atoms with Gasteiger partial charge >= 0.3 is 6.03 Å². The van der Waals surface area contributed by atoms with Crippen LogP contribution in [0.2, 0.25) is 0 Å². The summed E-state index contributed by atoms with van der Waals surface area (Å²) < 4.78 is 13.9. The molecule has 1 aliphatic heterocycles. The number of aromatic nitrogens is 2. The zero-order valence-corrected chi connectivity index (χ0v) is 21.8. The molecule has 2 atom stereocenters. The molecule has 11 heteroatoms. The third-order valence-corrected chi connectivity index (χ3v) is 6.39. The average molecular weight is 535 g/mol. The maximum Gasteiger partial charge on any atom is 0.322 e. The molecule has 1 unspecified atom stereocenters. The molecule has 0 radical (unpaired) electrons. The summed E-state index contributed by atoms with van der Waals surface area (Å²) >= 11 is 0. The highest BCUT2D eigenvalue weighted by Crippen LogP contribution is 2.16. The molecule has 1 aliphatic rings. The molecule has 204 valence electrons. The van der Waals surface area contributed by atoms with Crippen LogP contribution in [0, 0.1) is 11.7 Å². The Morgan fingerprint density at radius 1 is 1.08 bits per heavy atom. The molecule has 0 saturated carbocycles. The monoisotopic (exact) mass is 534 g/mol. The van der Waals surface area contributed by atoms with Gasteiger partial charge in [-0.25, -0.2) is 14.2 Å². The van der Waals surface area contributed by atoms with Gasteiger partial charge in [0.2, 0.25) is 5.91 Å². The van der Waals surface area contributed by atoms with Gasteiger partial charge in [-0.05, 0) is 49.4 Å². The van der Waals surface area contributed by atoms with Crippen LogP contribution in [0.5, 0.6) is 0 Å². The summed E-state index contributed by atoms with van der Waals surface area (Å²) in [5, 5.41) is 7.98. The number of nitrogens with zero attached hydrogens (tertiary/aromatic N) is 3. The van der Waals surface area contributed by atoms with Gasteiger partial charge < -0.3 is 20.9 Å². The standard InChI is InChI=1S/C28H31FN6O4/c1-17(2)14-23(33-27(38)24-15-30-20-10-5-6-11-21(20)31-24)26(37)32-22-12-7-13-35(16-25(22)36)28(39)34-19-9-4-3-8-18(19)29/h3-6,8-11,15,17,22-23H,7,12-14,16H2,1-2H3,(H,32,37)(H,33,38)(H,34,39)/t22-,23?/m0/s1. The molecule has 1 fully saturated rings. The second-order valence-electron chi connectivity index (χ2n) is 9.90. The van der Waals surface area contributed by atoms with E-state index in [9.17, 15) is 23.6 Å². The minimum absolute atomic E-state index is 0.0208. The predicted molar refractivity (Wildman–Crippen MR) is 143 cm³/mol. The predicted octanol–water partition coefficient (Wildman–Crippen LogP) is 3.30. The number of para-hydroxylation sites is 3. The minimum Gasteiger partial charge on any atom is -0.344 e. The Morgan fingerprint density at radius 3 is 2.54 bits per heavy atom. The molecule has 39 heavy (non-hydrogen) atoms. The number of carbonyl (C=O) groups is 4. The fourth-order valence-electron chi connectivity index (χ4n) is 4.38. The van der Waals surface area contributed by atoms with Gasteiger partial charge in [0.05, 0.1) is 35.5 Å². The van der Waals surface area contributed by atoms with Crippen molar-refractivity contribution >= 4 is 40.3 Å². The fraction of sp³-hybridized carbons (Fsp3) is 0.357. The molecule has 1 saturated heterocycles. The van der Waals surface area contributed by atoms with Gasteiger partial charge in [-0.2, -0.15) is 0 Å². The van der Waals surface area contributed by atoms with Gasteiger partial charge in [-0.3, -0.25) is 19.4 Å². The fourth-order valence-corrected chi connectivity index (χ4v) is 4.38. The Morgan fingerprint density at radius 2 is 1.79 bits per heavy atom. The summed E-state index contributed by atoms with van der Waals surface area (Å²) in [7, 11) is 0. The number of Topliss-reactive ketones (excluding diaryl/α,β-unsaturated/α-hetero) is 1. The van der Waals surface area contributed by atoms with E-state index in [2.05, 4.69) is 25.9 Å². The number of rotatable bonds is 7. The average Bonchev–Trinajstić information content (AvgIpc) is 3.10. The normalized spacial score (nSPS) is 16.5. The van der Waals surface area contributed by atoms with E-state index in [1.807, 2.05) is 19.9 Å². The summed E-state index contributed by atoms with van der Waals surface area (Å²) in [6, 6.07) is 10.6. The molecule has 3 aromatic rings. The first-order valence-electron chi connectivity index (χ1n) is 12.9. The van der Waals surface area contributed by atoms with E-state index in [0.29, 0.717) is 30.3 Å². The van der Waals surface area contributed by atoms with Crippen molar-refractivity contribution in [3.05, 3.63) is 66.2 Å². The maximum atomic E-state index is 13.9. The highest BCUT2D eigenvalue weighted by molar-refractivity contribution is 5.99. The largest absolute Gasteiger partial charge is 0.344 e. The number of nitrogens with one attached hydrogen (secondary N) is 3. The van der Waals surface area contributed by atoms with Crippen LogP contribution in [-0.4, -0.2) is 63.7 Å². The van der Waals surface area contributed by atoms with E-state index in [4.69, 9.17) is 0 Å². The third kappa shape index (κ3) is 7.13. The van der Waals surface area contributed by atoms with Crippen molar-refractivity contribution in [2.45, 2.75) is 45.2 Å². The van der Waals surface area contributed by atoms with Crippen LogP contribution >= 0.6 is 0 Å². The summed E-state index contributed by atoms with van der Waals surface area (Å²) in [6.07, 6.45) is 2.48. The van der Waals surface area contributed by atoms with Crippen molar-refractivity contribution < 1.29 is 23.6 Å². The van der Waals surface area contributed by atoms with Gasteiger partial charge in [-0.1, -0.05) is 38.1 Å². The number of hydrogen-bond acceptors (Lipinski definition) is 6. The number of urea groups is 1. The van der Waals surface area contributed by atoms with E-state index < -0.39 is 35.7 Å². The number of likely N-dealkylation sites (tertiary alicyclic amines) is 1. The van der Waals surface area contributed by atoms with Crippen LogP contribution < -0.4 is 16.0 Å². The zero-order chi connectivity index (χ0) is 27.9. The van der Waals surface area contributed by atoms with E-state index in [1.165, 1.54) is 29.3 Å². The van der Waals surface area contributed by atoms with Gasteiger partial charge in [0.25, 0.3) is 5.91 Å². The Kier molecular flexibility index (Phi) is 8.80. The summed E-state index contributed by atoms with van der Waals surface area (Å²) in [4.78, 5) is 61.7. The number of hydrogen-bond donors (Lipinski definition) is 3. The van der Waals surface area contributed by atoms with Crippen LogP contribution in [0.3, 0.4) is 0 Å². The minimum atomic E-state index is -0.901. The molecule has 1 aromatic heterocycles. The van der Waals surface area contributed by atoms with Gasteiger partial charge in [0.1, 0.15) is 17.6 Å². The van der Waals surface area contributed by atoms with Crippen LogP contribution in [0.25, 0.3) is 11.0 Å². The van der Waals surface area contributed by atoms with Crippen LogP contribution in [-0.2, 0) is 9.59 Å². The number of amides is 4. The molecule has 3 N–H and O–H groups in total. The second-order valence-corrected chi connectivity index (χ2v) is 9.90. The number of halogens is 1. The molecule has 2 heterocycles. The maximum absolute atomic E-state index is 13.9. The van der Waals surface area contributed by atoms with Crippen molar-refractivity contribution in [2.24, 2.45) is 5.92 Å². The van der Waals surface area contributed by atoms with Crippen molar-refractivity contribution in [1.29, 1.82) is 0 Å². The lowest BCUT2D eigenvalue weighted by molar-refractivity contribution is -0.129. The highest BCUT2D eigenvalue weighted by Gasteiger charge is 2.31. The van der Waals surface area contributed by atoms with Crippen LogP contribution in [0.1, 0.15) is 43.6 Å². The molecule has 4 amide bonds. The number of ketones is 1. The zero-order valence-electron chi connectivity index (χ0n) is 21.8. The lowest BCUT2D eigenvalue weighted by atomic mass is 10.0. The van der Waals surface area contributed by atoms with Crippen LogP contribution in [0.4, 0.5) is 14.9 Å². The third-order valence-electron chi connectivity index (χ3n) is 6.39. The van der Waals surface area contributed by atoms with Crippen LogP contribution in [0.15, 0.2) is 54.7 Å². The van der Waals surface area contributed by atoms with Crippen molar-refractivity contribution in [3.63, 3.8) is 0 Å². The van der Waals surface area contributed by atoms with Gasteiger partial charge in [0.15, 0.2) is 5.78 Å². The van der Waals surface area contributed by atoms with E-state index in [1.54, 1.807) is 24.3 Å². The Bertz CT molecular complexity index is 1380. The molecular weight excluding hydrogens is 503 g/mol. The second kappa shape index (κ2) is 12.4. The van der Waals surface area contributed by atoms with E-state index in [0.717, 1.165) is 0 Å². The van der Waals surface area contributed by atoms with Crippen molar-refractivity contribution in [3.8, 4) is 0 Å². The summed E-state index contributed by atoms with van der Waals surface area (Å²) in [5.74, 6) is -1.89. The lowest BCUT2D eigenvalue weighted by Gasteiger charge is -2.23. The molecule has 10 nitrogen and oxygen atoms in total. The van der Waals surface area contributed by atoms with E-state index >= 15 is 0 Å². The first kappa shape index (κ1) is 27.6. The molecule has 0 spiro atoms. The van der Waals surface area contributed by atoms with Gasteiger partial charge in [0, 0.05) is 6.54 Å². The van der Waals surface area contributed by atoms with Crippen molar-refractivity contribution in [2.75, 3.05) is 18.4 Å². The first-order valence-corrected chi connectivity index (χ1v) is 12.9. The first-order chi connectivity index (χ1) is 18.7. The topological polar surface area (TPSA) is 133 Å². The quantitative estimate of drug-likeness (QED) is 0.426. The Labute approximate surface area is 225 Å². The number of fused-ring (bicyclic) bond motifs is 1. The smallest absolute Gasteiger partial charge is 0.322 e. The van der Waals surface area contributed by atoms with Crippen molar-refractivity contribution in [1.82, 2.24) is 25.5 Å². The molecule has 4 rings (SSSR count). The molecule has 2 aromatic carbocycles. The molecule has 0 bridgehead atoms. The molecule has 0 aliphatic carbocycles.